The second-order valence-corrected chi connectivity index (χ2v) is 24.1. The van der Waals surface area contributed by atoms with Crippen molar-refractivity contribution in [2.75, 3.05) is 36.6 Å². The molecule has 0 radical (unpaired) electrons. The number of nitrogens with one attached hydrogen (secondary N) is 2. The number of benzene rings is 4. The van der Waals surface area contributed by atoms with Crippen molar-refractivity contribution in [2.45, 2.75) is 102 Å². The van der Waals surface area contributed by atoms with E-state index in [1.54, 1.807) is 4.68 Å². The average molecular weight is 933 g/mol. The van der Waals surface area contributed by atoms with Gasteiger partial charge < -0.3 is 29.2 Å². The van der Waals surface area contributed by atoms with E-state index in [0.717, 1.165) is 53.6 Å². The summed E-state index contributed by atoms with van der Waals surface area (Å²) in [4.78, 5) is 16.6. The predicted octanol–water partition coefficient (Wildman–Crippen LogP) is 9.30. The van der Waals surface area contributed by atoms with Crippen molar-refractivity contribution in [3.8, 4) is 17.2 Å². The zero-order valence-electron chi connectivity index (χ0n) is 40.1. The number of carbonyl (C=O) groups excluding carboxylic acids is 1. The number of ether oxygens (including phenoxy) is 2. The van der Waals surface area contributed by atoms with Crippen LogP contribution in [0.2, 0.25) is 5.04 Å². The fourth-order valence-electron chi connectivity index (χ4n) is 10.0. The van der Waals surface area contributed by atoms with Crippen LogP contribution in [0.15, 0.2) is 134 Å². The van der Waals surface area contributed by atoms with E-state index < -0.39 is 13.7 Å². The molecule has 2 aliphatic rings. The number of anilines is 2. The number of aromatic nitrogens is 5. The smallest absolute Gasteiger partial charge is 0.320 e. The molecule has 4 aromatic carbocycles. The summed E-state index contributed by atoms with van der Waals surface area (Å²) in [5, 5.41) is 32.4. The predicted molar refractivity (Wildman–Crippen MR) is 270 cm³/mol. The van der Waals surface area contributed by atoms with Gasteiger partial charge in [-0.1, -0.05) is 126 Å². The highest BCUT2D eigenvalue weighted by molar-refractivity contribution is 6.99. The lowest BCUT2D eigenvalue weighted by atomic mass is 9.85. The fourth-order valence-corrected chi connectivity index (χ4v) is 14.7. The highest BCUT2D eigenvalue weighted by Crippen LogP contribution is 2.41. The molecule has 7 aromatic rings. The summed E-state index contributed by atoms with van der Waals surface area (Å²) in [6.07, 6.45) is 6.65. The van der Waals surface area contributed by atoms with Crippen LogP contribution in [0.1, 0.15) is 103 Å². The first-order valence-corrected chi connectivity index (χ1v) is 25.9. The molecule has 0 saturated carbocycles. The third-order valence-corrected chi connectivity index (χ3v) is 18.6. The van der Waals surface area contributed by atoms with Crippen LogP contribution in [0.3, 0.4) is 0 Å². The van der Waals surface area contributed by atoms with Crippen LogP contribution in [-0.2, 0) is 9.84 Å². The molecule has 0 bridgehead atoms. The molecule has 9 rings (SSSR count). The Morgan fingerprint density at radius 1 is 0.794 bits per heavy atom. The van der Waals surface area contributed by atoms with E-state index in [-0.39, 0.29) is 36.4 Å². The number of piperidine rings is 1. The Morgan fingerprint density at radius 2 is 1.51 bits per heavy atom. The number of hydrogen-bond donors (Lipinski definition) is 3. The van der Waals surface area contributed by atoms with Crippen LogP contribution in [0.5, 0.6) is 11.5 Å². The lowest BCUT2D eigenvalue weighted by Gasteiger charge is -2.44. The first-order valence-electron chi connectivity index (χ1n) is 24.0. The van der Waals surface area contributed by atoms with E-state index in [1.807, 2.05) is 77.3 Å². The van der Waals surface area contributed by atoms with Crippen molar-refractivity contribution in [2.24, 2.45) is 0 Å². The molecule has 3 N–H and O–H groups in total. The van der Waals surface area contributed by atoms with Gasteiger partial charge in [0.25, 0.3) is 8.32 Å². The fraction of sp³-hybridized carbons (Fsp3) is 0.370. The molecule has 3 atom stereocenters. The molecule has 1 fully saturated rings. The molecule has 0 spiro atoms. The summed E-state index contributed by atoms with van der Waals surface area (Å²) in [6, 6.07) is 42.6. The number of rotatable bonds is 15. The monoisotopic (exact) mass is 932 g/mol. The van der Waals surface area contributed by atoms with Crippen molar-refractivity contribution >= 4 is 42.1 Å². The van der Waals surface area contributed by atoms with E-state index in [9.17, 15) is 9.90 Å². The lowest BCUT2D eigenvalue weighted by Crippen LogP contribution is -2.67. The molecule has 68 heavy (non-hydrogen) atoms. The highest BCUT2D eigenvalue weighted by atomic mass is 28.4. The Kier molecular flexibility index (Phi) is 13.5. The zero-order valence-corrected chi connectivity index (χ0v) is 41.1. The lowest BCUT2D eigenvalue weighted by molar-refractivity contribution is 0.171. The number of nitrogens with zero attached hydrogens (tertiary/aromatic N) is 6. The van der Waals surface area contributed by atoms with Gasteiger partial charge in [0.2, 0.25) is 5.95 Å². The van der Waals surface area contributed by atoms with Crippen molar-refractivity contribution in [3.63, 3.8) is 0 Å². The van der Waals surface area contributed by atoms with Gasteiger partial charge in [-0.05, 0) is 89.8 Å². The Morgan fingerprint density at radius 3 is 2.22 bits per heavy atom. The second-order valence-electron chi connectivity index (χ2n) is 19.8. The minimum absolute atomic E-state index is 0.113. The van der Waals surface area contributed by atoms with E-state index in [1.165, 1.54) is 16.8 Å². The van der Waals surface area contributed by atoms with E-state index in [0.29, 0.717) is 42.7 Å². The molecule has 1 aliphatic carbocycles. The maximum Gasteiger partial charge on any atom is 0.320 e. The summed E-state index contributed by atoms with van der Waals surface area (Å²) in [5.41, 5.74) is 3.67. The zero-order chi connectivity index (χ0) is 47.5. The number of aliphatic hydroxyl groups excluding tert-OH is 1. The summed E-state index contributed by atoms with van der Waals surface area (Å²) in [6.45, 7) is 14.7. The van der Waals surface area contributed by atoms with Gasteiger partial charge in [0.1, 0.15) is 30.0 Å². The van der Waals surface area contributed by atoms with Crippen LogP contribution >= 0.6 is 0 Å². The third-order valence-electron chi connectivity index (χ3n) is 13.6. The molecule has 1 saturated heterocycles. The Balaban J connectivity index is 0.971. The van der Waals surface area contributed by atoms with E-state index >= 15 is 0 Å². The molecule has 2 amide bonds. The quantitative estimate of drug-likeness (QED) is 0.0859. The van der Waals surface area contributed by atoms with Gasteiger partial charge in [-0.2, -0.15) is 5.10 Å². The number of urea groups is 1. The van der Waals surface area contributed by atoms with Crippen molar-refractivity contribution < 1.29 is 23.8 Å². The molecule has 14 heteroatoms. The molecule has 1 aliphatic heterocycles. The van der Waals surface area contributed by atoms with Gasteiger partial charge in [0.05, 0.1) is 30.2 Å². The molecular formula is C54H64N8O5Si. The molecule has 354 valence electrons. The van der Waals surface area contributed by atoms with Crippen molar-refractivity contribution in [3.05, 3.63) is 150 Å². The minimum Gasteiger partial charge on any atom is -0.491 e. The van der Waals surface area contributed by atoms with Gasteiger partial charge >= 0.3 is 6.03 Å². The summed E-state index contributed by atoms with van der Waals surface area (Å²) >= 11 is 0. The van der Waals surface area contributed by atoms with Gasteiger partial charge in [-0.25, -0.2) is 9.48 Å². The Labute approximate surface area is 400 Å². The van der Waals surface area contributed by atoms with Crippen molar-refractivity contribution in [1.29, 1.82) is 0 Å². The Hall–Kier alpha value is -6.48. The number of aliphatic hydroxyl groups is 1. The second kappa shape index (κ2) is 19.6. The van der Waals surface area contributed by atoms with Crippen LogP contribution in [0, 0.1) is 0 Å². The summed E-state index contributed by atoms with van der Waals surface area (Å²) in [7, 11) is -2.88. The summed E-state index contributed by atoms with van der Waals surface area (Å²) in [5.74, 6) is 2.65. The van der Waals surface area contributed by atoms with Crippen LogP contribution in [0.25, 0.3) is 11.3 Å². The molecule has 0 unspecified atom stereocenters. The van der Waals surface area contributed by atoms with Crippen LogP contribution < -0.4 is 35.4 Å². The van der Waals surface area contributed by atoms with Crippen LogP contribution in [-0.4, -0.2) is 76.2 Å². The largest absolute Gasteiger partial charge is 0.491 e. The Bertz CT molecular complexity index is 2790. The third kappa shape index (κ3) is 9.49. The molecular weight excluding hydrogens is 869 g/mol. The minimum atomic E-state index is -2.88. The highest BCUT2D eigenvalue weighted by Gasteiger charge is 2.51. The SMILES string of the molecule is C[C@H]1CCCCN1c1nnc2ccc(O[C@@H]3CC[C@H](NC(=O)Nc4cc(C(C)(C)CO[Si](c5ccccc5)(c5ccccc5)C(C)(C)C)nn4-c4cccc(OCCO)c4)c4ccccc43)cn12. The summed E-state index contributed by atoms with van der Waals surface area (Å²) < 4.78 is 23.8. The molecule has 3 aromatic heterocycles. The normalized spacial score (nSPS) is 17.7. The first kappa shape index (κ1) is 46.6. The van der Waals surface area contributed by atoms with Crippen LogP contribution in [0.4, 0.5) is 16.6 Å². The number of hydrogen-bond acceptors (Lipinski definition) is 9. The van der Waals surface area contributed by atoms with E-state index in [2.05, 4.69) is 128 Å². The topological polar surface area (TPSA) is 140 Å². The van der Waals surface area contributed by atoms with Gasteiger partial charge in [0.15, 0.2) is 5.65 Å². The maximum atomic E-state index is 14.3. The number of amides is 2. The van der Waals surface area contributed by atoms with Gasteiger partial charge in [-0.15, -0.1) is 10.2 Å². The average Bonchev–Trinajstić information content (AvgIpc) is 3.97. The van der Waals surface area contributed by atoms with Gasteiger partial charge in [-0.3, -0.25) is 9.72 Å². The first-order chi connectivity index (χ1) is 32.8. The van der Waals surface area contributed by atoms with Crippen molar-refractivity contribution in [1.82, 2.24) is 29.7 Å². The number of fused-ring (bicyclic) bond motifs is 2. The van der Waals surface area contributed by atoms with E-state index in [4.69, 9.17) is 19.0 Å². The maximum absolute atomic E-state index is 14.3. The number of carbonyl (C=O) groups is 1. The number of pyridine rings is 1. The molecule has 4 heterocycles. The standard InChI is InChI=1S/C54H64N8O5Si/c1-38-18-15-16-31-60(38)52-58-57-49-30-27-41(36-61(49)52)67-47-29-28-46(44-25-13-14-26-45(44)47)55-51(64)56-50-35-48(59-62(50)39-19-17-20-40(34-39)65-33-32-63)54(5,6)37-66-68(53(2,3)4,42-21-9-7-10-22-42)43-23-11-8-12-24-43/h7-14,17,19-27,30,34-36,38,46-47,63H,15-16,18,28-29,31-33,37H2,1-6H3,(H2,55,56,64)/t38-,46-,47+/m0/s1. The van der Waals surface area contributed by atoms with Gasteiger partial charge in [0, 0.05) is 36.7 Å². The molecule has 13 nitrogen and oxygen atoms in total.